The third-order valence-electron chi connectivity index (χ3n) is 0. The summed E-state index contributed by atoms with van der Waals surface area (Å²) in [5.41, 5.74) is 0. The summed E-state index contributed by atoms with van der Waals surface area (Å²) in [4.78, 5) is 17.6. The van der Waals surface area contributed by atoms with Gasteiger partial charge >= 0.3 is 6.16 Å². The van der Waals surface area contributed by atoms with Gasteiger partial charge in [-0.25, -0.2) is 4.79 Å². The van der Waals surface area contributed by atoms with Crippen molar-refractivity contribution < 1.29 is 41.7 Å². The minimum absolute atomic E-state index is 0. The van der Waals surface area contributed by atoms with Crippen molar-refractivity contribution in [3.63, 3.8) is 0 Å². The van der Waals surface area contributed by atoms with Gasteiger partial charge in [0.2, 0.25) is 0 Å². The molecule has 0 unspecified atom stereocenters. The van der Waals surface area contributed by atoms with Crippen LogP contribution >= 0.6 is 0 Å². The fourth-order valence-electron chi connectivity index (χ4n) is 0. The maximum atomic E-state index is 9.00. The van der Waals surface area contributed by atoms with Gasteiger partial charge in [-0.1, -0.05) is 0 Å². The van der Waals surface area contributed by atoms with Crippen LogP contribution in [-0.4, -0.2) is 27.4 Å². The first-order valence-electron chi connectivity index (χ1n) is 1.58. The molecule has 0 amide bonds. The van der Waals surface area contributed by atoms with Crippen LogP contribution in [0.15, 0.2) is 0 Å². The Balaban J connectivity index is -0.0000000720. The minimum Gasteiger partial charge on any atom is -0.481 e. The van der Waals surface area contributed by atoms with Crippen molar-refractivity contribution in [3.05, 3.63) is 0 Å². The van der Waals surface area contributed by atoms with Gasteiger partial charge < -0.3 is 15.3 Å². The molecule has 3 N–H and O–H groups in total. The zero-order valence-corrected chi connectivity index (χ0v) is 5.53. The van der Waals surface area contributed by atoms with E-state index in [1.165, 1.54) is 0 Å². The average molecular weight is 181 g/mol. The number of carboxylic acids is 1. The summed E-state index contributed by atoms with van der Waals surface area (Å²) in [5, 5.41) is 21.4. The fourth-order valence-corrected chi connectivity index (χ4v) is 0. The molecular formula is C3H6CoO5. The van der Waals surface area contributed by atoms with Crippen LogP contribution in [0.5, 0.6) is 0 Å². The number of carbonyl (C=O) groups is 2. The molecule has 57 valence electrons. The second-order valence-corrected chi connectivity index (χ2v) is 0.802. The van der Waals surface area contributed by atoms with E-state index in [4.69, 9.17) is 24.9 Å². The Morgan fingerprint density at radius 3 is 1.11 bits per heavy atom. The van der Waals surface area contributed by atoms with E-state index >= 15 is 0 Å². The topological polar surface area (TPSA) is 94.8 Å². The van der Waals surface area contributed by atoms with Gasteiger partial charge in [-0.15, -0.1) is 0 Å². The van der Waals surface area contributed by atoms with E-state index in [-0.39, 0.29) is 16.8 Å². The summed E-state index contributed by atoms with van der Waals surface area (Å²) in [7, 11) is 0. The van der Waals surface area contributed by atoms with Gasteiger partial charge in [0.05, 0.1) is 0 Å². The number of aliphatic carboxylic acids is 1. The van der Waals surface area contributed by atoms with E-state index in [0.717, 1.165) is 6.92 Å². The van der Waals surface area contributed by atoms with E-state index in [1.807, 2.05) is 0 Å². The van der Waals surface area contributed by atoms with Crippen molar-refractivity contribution in [2.75, 3.05) is 0 Å². The van der Waals surface area contributed by atoms with Crippen LogP contribution in [-0.2, 0) is 21.6 Å². The Morgan fingerprint density at radius 1 is 1.11 bits per heavy atom. The smallest absolute Gasteiger partial charge is 0.481 e. The number of carboxylic acid groups (broad SMARTS) is 3. The molecule has 0 aromatic rings. The van der Waals surface area contributed by atoms with E-state index in [2.05, 4.69) is 0 Å². The molecule has 0 aliphatic heterocycles. The molecule has 0 fully saturated rings. The molecular weight excluding hydrogens is 175 g/mol. The maximum absolute atomic E-state index is 9.00. The van der Waals surface area contributed by atoms with E-state index in [1.54, 1.807) is 0 Å². The zero-order chi connectivity index (χ0) is 7.15. The first-order chi connectivity index (χ1) is 3.46. The van der Waals surface area contributed by atoms with Crippen molar-refractivity contribution >= 4 is 12.1 Å². The summed E-state index contributed by atoms with van der Waals surface area (Å²) in [6, 6.07) is 0. The fraction of sp³-hybridized carbons (Fsp3) is 0.333. The van der Waals surface area contributed by atoms with Crippen molar-refractivity contribution in [1.82, 2.24) is 0 Å². The second kappa shape index (κ2) is 10.3. The SMILES string of the molecule is CC(=O)O.O=C(O)O.[Co]. The predicted octanol–water partition coefficient (Wildman–Crippen LogP) is 0.311. The van der Waals surface area contributed by atoms with Crippen LogP contribution in [0.4, 0.5) is 4.79 Å². The molecule has 0 atom stereocenters. The van der Waals surface area contributed by atoms with E-state index in [9.17, 15) is 0 Å². The number of hydrogen-bond acceptors (Lipinski definition) is 2. The van der Waals surface area contributed by atoms with Crippen LogP contribution in [0.3, 0.4) is 0 Å². The monoisotopic (exact) mass is 181 g/mol. The number of rotatable bonds is 0. The van der Waals surface area contributed by atoms with Crippen LogP contribution in [0, 0.1) is 0 Å². The molecule has 0 saturated carbocycles. The molecule has 0 rings (SSSR count). The molecule has 1 radical (unpaired) electrons. The molecule has 0 aliphatic carbocycles. The summed E-state index contributed by atoms with van der Waals surface area (Å²) in [5.74, 6) is -0.833. The predicted molar refractivity (Wildman–Crippen MR) is 24.0 cm³/mol. The Morgan fingerprint density at radius 2 is 1.11 bits per heavy atom. The van der Waals surface area contributed by atoms with Crippen molar-refractivity contribution in [2.24, 2.45) is 0 Å². The van der Waals surface area contributed by atoms with Gasteiger partial charge in [0.1, 0.15) is 0 Å². The van der Waals surface area contributed by atoms with Crippen molar-refractivity contribution in [2.45, 2.75) is 6.92 Å². The van der Waals surface area contributed by atoms with E-state index < -0.39 is 12.1 Å². The Labute approximate surface area is 61.5 Å². The molecule has 0 aromatic carbocycles. The standard InChI is InChI=1S/C2H4O2.CH2O3.Co/c1-2(3)4;2-1(3)4;/h1H3,(H,3,4);(H2,2,3,4);. The third-order valence-corrected chi connectivity index (χ3v) is 0. The third kappa shape index (κ3) is 351. The molecule has 0 heterocycles. The minimum atomic E-state index is -1.83. The summed E-state index contributed by atoms with van der Waals surface area (Å²) >= 11 is 0. The first kappa shape index (κ1) is 15.7. The quantitative estimate of drug-likeness (QED) is 0.499. The van der Waals surface area contributed by atoms with Crippen LogP contribution < -0.4 is 0 Å². The Kier molecular flexibility index (Phi) is 18.0. The van der Waals surface area contributed by atoms with Gasteiger partial charge in [-0.3, -0.25) is 4.79 Å². The molecule has 0 saturated heterocycles. The summed E-state index contributed by atoms with van der Waals surface area (Å²) in [6.07, 6.45) is -1.83. The molecule has 0 spiro atoms. The maximum Gasteiger partial charge on any atom is 0.503 e. The Bertz CT molecular complexity index is 70.2. The summed E-state index contributed by atoms with van der Waals surface area (Å²) in [6.45, 7) is 1.08. The van der Waals surface area contributed by atoms with Gasteiger partial charge in [-0.05, 0) is 0 Å². The van der Waals surface area contributed by atoms with Crippen LogP contribution in [0.1, 0.15) is 6.92 Å². The summed E-state index contributed by atoms with van der Waals surface area (Å²) < 4.78 is 0. The van der Waals surface area contributed by atoms with Gasteiger partial charge in [-0.2, -0.15) is 0 Å². The molecule has 6 heteroatoms. The molecule has 0 aliphatic rings. The first-order valence-corrected chi connectivity index (χ1v) is 1.58. The largest absolute Gasteiger partial charge is 0.503 e. The molecule has 0 bridgehead atoms. The molecule has 5 nitrogen and oxygen atoms in total. The number of hydrogen-bond donors (Lipinski definition) is 3. The van der Waals surface area contributed by atoms with Gasteiger partial charge in [0.15, 0.2) is 0 Å². The van der Waals surface area contributed by atoms with Crippen LogP contribution in [0.2, 0.25) is 0 Å². The van der Waals surface area contributed by atoms with Gasteiger partial charge in [0, 0.05) is 23.7 Å². The zero-order valence-electron chi connectivity index (χ0n) is 4.49. The average Bonchev–Trinajstić information content (AvgIpc) is 1.25. The molecule has 9 heavy (non-hydrogen) atoms. The van der Waals surface area contributed by atoms with Crippen molar-refractivity contribution in [3.8, 4) is 0 Å². The molecule has 0 aromatic heterocycles. The Hall–Kier alpha value is -0.754. The normalized spacial score (nSPS) is 5.44. The van der Waals surface area contributed by atoms with E-state index in [0.29, 0.717) is 0 Å². The second-order valence-electron chi connectivity index (χ2n) is 0.802. The van der Waals surface area contributed by atoms with Crippen molar-refractivity contribution in [1.29, 1.82) is 0 Å². The van der Waals surface area contributed by atoms with Gasteiger partial charge in [0.25, 0.3) is 5.97 Å². The van der Waals surface area contributed by atoms with Crippen LogP contribution in [0.25, 0.3) is 0 Å².